The number of unbranched alkanes of at least 4 members (excludes halogenated alkanes) is 2. The molecule has 0 spiro atoms. The van der Waals surface area contributed by atoms with E-state index in [2.05, 4.69) is 26.1 Å². The Morgan fingerprint density at radius 3 is 2.17 bits per heavy atom. The topological polar surface area (TPSA) is 12.0 Å². The van der Waals surface area contributed by atoms with Gasteiger partial charge >= 0.3 is 0 Å². The first-order valence-corrected chi connectivity index (χ1v) is 8.37. The summed E-state index contributed by atoms with van der Waals surface area (Å²) in [4.78, 5) is 0. The van der Waals surface area contributed by atoms with Crippen LogP contribution in [-0.4, -0.2) is 12.6 Å². The minimum absolute atomic E-state index is 0.484. The van der Waals surface area contributed by atoms with Gasteiger partial charge in [0.05, 0.1) is 0 Å². The van der Waals surface area contributed by atoms with Crippen LogP contribution in [0.3, 0.4) is 0 Å². The highest BCUT2D eigenvalue weighted by Gasteiger charge is 2.19. The van der Waals surface area contributed by atoms with Crippen molar-refractivity contribution in [3.63, 3.8) is 0 Å². The van der Waals surface area contributed by atoms with Gasteiger partial charge in [0.1, 0.15) is 0 Å². The summed E-state index contributed by atoms with van der Waals surface area (Å²) < 4.78 is 0. The second-order valence-corrected chi connectivity index (χ2v) is 7.04. The van der Waals surface area contributed by atoms with Crippen molar-refractivity contribution in [2.45, 2.75) is 97.4 Å². The summed E-state index contributed by atoms with van der Waals surface area (Å²) in [6.45, 7) is 8.36. The largest absolute Gasteiger partial charge is 0.313 e. The van der Waals surface area contributed by atoms with Crippen molar-refractivity contribution < 1.29 is 0 Å². The standard InChI is InChI=1S/C17H35N/c1-4-5-11-14-17(2,3)15-18-16-12-9-7-6-8-10-13-16/h16,18H,4-15H2,1-3H3. The molecule has 0 radical (unpaired) electrons. The van der Waals surface area contributed by atoms with Crippen molar-refractivity contribution in [3.8, 4) is 0 Å². The van der Waals surface area contributed by atoms with E-state index in [1.165, 1.54) is 77.2 Å². The Kier molecular flexibility index (Phi) is 7.97. The smallest absolute Gasteiger partial charge is 0.00672 e. The molecule has 0 unspecified atom stereocenters. The van der Waals surface area contributed by atoms with E-state index in [-0.39, 0.29) is 0 Å². The first kappa shape index (κ1) is 16.0. The van der Waals surface area contributed by atoms with Crippen molar-refractivity contribution in [3.05, 3.63) is 0 Å². The summed E-state index contributed by atoms with van der Waals surface area (Å²) in [6.07, 6.45) is 15.6. The zero-order valence-corrected chi connectivity index (χ0v) is 13.1. The lowest BCUT2D eigenvalue weighted by Crippen LogP contribution is -2.37. The van der Waals surface area contributed by atoms with Crippen molar-refractivity contribution in [2.24, 2.45) is 5.41 Å². The molecular formula is C17H35N. The van der Waals surface area contributed by atoms with Gasteiger partial charge in [-0.1, -0.05) is 72.1 Å². The predicted octanol–water partition coefficient (Wildman–Crippen LogP) is 5.30. The minimum atomic E-state index is 0.484. The van der Waals surface area contributed by atoms with Crippen LogP contribution in [0.2, 0.25) is 0 Å². The highest BCUT2D eigenvalue weighted by molar-refractivity contribution is 4.76. The van der Waals surface area contributed by atoms with Gasteiger partial charge in [-0.3, -0.25) is 0 Å². The van der Waals surface area contributed by atoms with Crippen molar-refractivity contribution in [1.29, 1.82) is 0 Å². The molecule has 0 aromatic rings. The summed E-state index contributed by atoms with van der Waals surface area (Å²) in [7, 11) is 0. The van der Waals surface area contributed by atoms with Crippen molar-refractivity contribution >= 4 is 0 Å². The molecule has 0 atom stereocenters. The van der Waals surface area contributed by atoms with Crippen molar-refractivity contribution in [1.82, 2.24) is 5.32 Å². The molecule has 1 fully saturated rings. The molecular weight excluding hydrogens is 218 g/mol. The monoisotopic (exact) mass is 253 g/mol. The van der Waals surface area contributed by atoms with Gasteiger partial charge in [0.2, 0.25) is 0 Å². The number of nitrogens with one attached hydrogen (secondary N) is 1. The number of hydrogen-bond acceptors (Lipinski definition) is 1. The van der Waals surface area contributed by atoms with Gasteiger partial charge in [-0.05, 0) is 24.7 Å². The molecule has 1 nitrogen and oxygen atoms in total. The molecule has 0 aliphatic heterocycles. The molecule has 0 amide bonds. The third-order valence-corrected chi connectivity index (χ3v) is 4.43. The molecule has 108 valence electrons. The van der Waals surface area contributed by atoms with Gasteiger partial charge in [-0.15, -0.1) is 0 Å². The zero-order valence-electron chi connectivity index (χ0n) is 13.1. The van der Waals surface area contributed by atoms with E-state index in [1.807, 2.05) is 0 Å². The average molecular weight is 253 g/mol. The lowest BCUT2D eigenvalue weighted by molar-refractivity contribution is 0.271. The van der Waals surface area contributed by atoms with Gasteiger partial charge in [0, 0.05) is 12.6 Å². The minimum Gasteiger partial charge on any atom is -0.313 e. The van der Waals surface area contributed by atoms with E-state index in [9.17, 15) is 0 Å². The summed E-state index contributed by atoms with van der Waals surface area (Å²) in [5.41, 5.74) is 0.484. The first-order valence-electron chi connectivity index (χ1n) is 8.37. The van der Waals surface area contributed by atoms with Crippen LogP contribution in [-0.2, 0) is 0 Å². The molecule has 18 heavy (non-hydrogen) atoms. The molecule has 0 aromatic heterocycles. The highest BCUT2D eigenvalue weighted by atomic mass is 14.9. The lowest BCUT2D eigenvalue weighted by Gasteiger charge is -2.29. The van der Waals surface area contributed by atoms with E-state index < -0.39 is 0 Å². The summed E-state index contributed by atoms with van der Waals surface area (Å²) in [5, 5.41) is 3.86. The molecule has 0 saturated heterocycles. The second-order valence-electron chi connectivity index (χ2n) is 7.04. The van der Waals surface area contributed by atoms with Crippen LogP contribution < -0.4 is 5.32 Å². The van der Waals surface area contributed by atoms with Gasteiger partial charge in [-0.25, -0.2) is 0 Å². The number of hydrogen-bond donors (Lipinski definition) is 1. The Balaban J connectivity index is 2.19. The number of rotatable bonds is 7. The fourth-order valence-corrected chi connectivity index (χ4v) is 3.02. The molecule has 1 rings (SSSR count). The van der Waals surface area contributed by atoms with Gasteiger partial charge < -0.3 is 5.32 Å². The van der Waals surface area contributed by atoms with Crippen LogP contribution in [0.15, 0.2) is 0 Å². The molecule has 1 aliphatic rings. The van der Waals surface area contributed by atoms with E-state index in [0.717, 1.165) is 6.04 Å². The molecule has 0 bridgehead atoms. The molecule has 1 aliphatic carbocycles. The fourth-order valence-electron chi connectivity index (χ4n) is 3.02. The predicted molar refractivity (Wildman–Crippen MR) is 82.0 cm³/mol. The highest BCUT2D eigenvalue weighted by Crippen LogP contribution is 2.24. The van der Waals surface area contributed by atoms with Crippen LogP contribution in [0, 0.1) is 5.41 Å². The van der Waals surface area contributed by atoms with Gasteiger partial charge in [0.25, 0.3) is 0 Å². The maximum Gasteiger partial charge on any atom is 0.00672 e. The maximum absolute atomic E-state index is 3.86. The first-order chi connectivity index (χ1) is 8.64. The Hall–Kier alpha value is -0.0400. The van der Waals surface area contributed by atoms with Gasteiger partial charge in [0.15, 0.2) is 0 Å². The lowest BCUT2D eigenvalue weighted by atomic mass is 9.86. The van der Waals surface area contributed by atoms with Crippen molar-refractivity contribution in [2.75, 3.05) is 6.54 Å². The molecule has 0 heterocycles. The van der Waals surface area contributed by atoms with Crippen LogP contribution >= 0.6 is 0 Å². The van der Waals surface area contributed by atoms with E-state index >= 15 is 0 Å². The van der Waals surface area contributed by atoms with Crippen LogP contribution in [0.25, 0.3) is 0 Å². The van der Waals surface area contributed by atoms with E-state index in [0.29, 0.717) is 5.41 Å². The SMILES string of the molecule is CCCCCC(C)(C)CNC1CCCCCCC1. The Bertz CT molecular complexity index is 190. The summed E-state index contributed by atoms with van der Waals surface area (Å²) in [6, 6.07) is 0.802. The Morgan fingerprint density at radius 1 is 0.944 bits per heavy atom. The molecule has 1 saturated carbocycles. The summed E-state index contributed by atoms with van der Waals surface area (Å²) in [5.74, 6) is 0. The third kappa shape index (κ3) is 7.41. The quantitative estimate of drug-likeness (QED) is 0.607. The molecule has 0 aromatic carbocycles. The van der Waals surface area contributed by atoms with E-state index in [1.54, 1.807) is 0 Å². The third-order valence-electron chi connectivity index (χ3n) is 4.43. The molecule has 1 heteroatoms. The van der Waals surface area contributed by atoms with E-state index in [4.69, 9.17) is 0 Å². The van der Waals surface area contributed by atoms with Crippen LogP contribution in [0.4, 0.5) is 0 Å². The Morgan fingerprint density at radius 2 is 1.56 bits per heavy atom. The molecule has 1 N–H and O–H groups in total. The maximum atomic E-state index is 3.86. The van der Waals surface area contributed by atoms with Crippen LogP contribution in [0.1, 0.15) is 91.4 Å². The Labute approximate surface area is 115 Å². The normalized spacial score (nSPS) is 19.5. The van der Waals surface area contributed by atoms with Crippen LogP contribution in [0.5, 0.6) is 0 Å². The summed E-state index contributed by atoms with van der Waals surface area (Å²) >= 11 is 0. The van der Waals surface area contributed by atoms with Gasteiger partial charge in [-0.2, -0.15) is 0 Å². The fraction of sp³-hybridized carbons (Fsp3) is 1.00. The average Bonchev–Trinajstić information content (AvgIpc) is 2.27. The second kappa shape index (κ2) is 8.96. The zero-order chi connectivity index (χ0) is 13.3.